The molecule has 0 saturated carbocycles. The molecule has 1 aliphatic rings. The van der Waals surface area contributed by atoms with Crippen molar-refractivity contribution in [1.82, 2.24) is 4.90 Å². The number of hydrogen-bond donors (Lipinski definition) is 0. The number of likely N-dealkylation sites (tertiary alicyclic amines) is 1. The lowest BCUT2D eigenvalue weighted by molar-refractivity contribution is -0.228. The molecule has 1 fully saturated rings. The van der Waals surface area contributed by atoms with Crippen molar-refractivity contribution in [3.8, 4) is 5.75 Å². The van der Waals surface area contributed by atoms with E-state index in [0.29, 0.717) is 32.4 Å². The summed E-state index contributed by atoms with van der Waals surface area (Å²) in [5.74, 6) is 0.505. The van der Waals surface area contributed by atoms with Crippen LogP contribution in [0.15, 0.2) is 24.3 Å². The van der Waals surface area contributed by atoms with Crippen LogP contribution in [-0.4, -0.2) is 51.0 Å². The van der Waals surface area contributed by atoms with Crippen LogP contribution in [0.3, 0.4) is 0 Å². The number of methoxy groups -OCH3 is 3. The lowest BCUT2D eigenvalue weighted by Gasteiger charge is -2.39. The van der Waals surface area contributed by atoms with Gasteiger partial charge in [0.2, 0.25) is 5.91 Å². The average molecular weight is 307 g/mol. The van der Waals surface area contributed by atoms with Crippen molar-refractivity contribution in [2.45, 2.75) is 31.5 Å². The van der Waals surface area contributed by atoms with E-state index in [-0.39, 0.29) is 5.91 Å². The van der Waals surface area contributed by atoms with Crippen LogP contribution in [0, 0.1) is 0 Å². The lowest BCUT2D eigenvalue weighted by Crippen LogP contribution is -2.48. The number of rotatable bonds is 6. The maximum atomic E-state index is 12.3. The molecule has 1 saturated heterocycles. The topological polar surface area (TPSA) is 48.0 Å². The SMILES string of the molecule is COc1ccc(CCC(=O)N2CCC(OC)(OC)CC2)cc1. The molecule has 1 aromatic carbocycles. The highest BCUT2D eigenvalue weighted by molar-refractivity contribution is 5.76. The van der Waals surface area contributed by atoms with Crippen LogP contribution in [0.25, 0.3) is 0 Å². The Bertz CT molecular complexity index is 472. The Morgan fingerprint density at radius 3 is 2.18 bits per heavy atom. The van der Waals surface area contributed by atoms with E-state index in [4.69, 9.17) is 14.2 Å². The fourth-order valence-electron chi connectivity index (χ4n) is 2.79. The lowest BCUT2D eigenvalue weighted by atomic mass is 10.0. The minimum absolute atomic E-state index is 0.191. The molecular weight excluding hydrogens is 282 g/mol. The van der Waals surface area contributed by atoms with Gasteiger partial charge in [-0.25, -0.2) is 0 Å². The first-order chi connectivity index (χ1) is 10.6. The summed E-state index contributed by atoms with van der Waals surface area (Å²) in [4.78, 5) is 14.2. The summed E-state index contributed by atoms with van der Waals surface area (Å²) in [6.45, 7) is 1.37. The first-order valence-electron chi connectivity index (χ1n) is 7.63. The third-order valence-electron chi connectivity index (χ3n) is 4.41. The maximum absolute atomic E-state index is 12.3. The van der Waals surface area contributed by atoms with Gasteiger partial charge in [0.1, 0.15) is 5.75 Å². The highest BCUT2D eigenvalue weighted by Crippen LogP contribution is 2.26. The molecule has 5 nitrogen and oxygen atoms in total. The van der Waals surface area contributed by atoms with Crippen molar-refractivity contribution in [2.75, 3.05) is 34.4 Å². The van der Waals surface area contributed by atoms with Gasteiger partial charge in [-0.3, -0.25) is 4.79 Å². The molecular formula is C17H25NO4. The van der Waals surface area contributed by atoms with Gasteiger partial charge in [-0.05, 0) is 24.1 Å². The summed E-state index contributed by atoms with van der Waals surface area (Å²) >= 11 is 0. The zero-order chi connectivity index (χ0) is 16.0. The number of amides is 1. The number of nitrogens with zero attached hydrogens (tertiary/aromatic N) is 1. The van der Waals surface area contributed by atoms with Gasteiger partial charge in [-0.15, -0.1) is 0 Å². The first-order valence-corrected chi connectivity index (χ1v) is 7.63. The first kappa shape index (κ1) is 16.8. The van der Waals surface area contributed by atoms with Crippen molar-refractivity contribution < 1.29 is 19.0 Å². The molecule has 1 heterocycles. The average Bonchev–Trinajstić information content (AvgIpc) is 2.60. The Morgan fingerprint density at radius 1 is 1.09 bits per heavy atom. The third-order valence-corrected chi connectivity index (χ3v) is 4.41. The quantitative estimate of drug-likeness (QED) is 0.756. The van der Waals surface area contributed by atoms with Crippen LogP contribution in [0.1, 0.15) is 24.8 Å². The Labute approximate surface area is 132 Å². The van der Waals surface area contributed by atoms with Crippen LogP contribution in [0.5, 0.6) is 5.75 Å². The number of ether oxygens (including phenoxy) is 3. The number of piperidine rings is 1. The Kier molecular flexibility index (Phi) is 5.80. The maximum Gasteiger partial charge on any atom is 0.222 e. The van der Waals surface area contributed by atoms with Gasteiger partial charge in [-0.2, -0.15) is 0 Å². The second kappa shape index (κ2) is 7.61. The molecule has 1 aromatic rings. The molecule has 0 N–H and O–H groups in total. The number of benzene rings is 1. The van der Waals surface area contributed by atoms with Crippen molar-refractivity contribution in [3.05, 3.63) is 29.8 Å². The highest BCUT2D eigenvalue weighted by atomic mass is 16.7. The van der Waals surface area contributed by atoms with E-state index in [1.165, 1.54) is 0 Å². The third kappa shape index (κ3) is 3.99. The van der Waals surface area contributed by atoms with Crippen LogP contribution in [-0.2, 0) is 20.7 Å². The van der Waals surface area contributed by atoms with Crippen LogP contribution >= 0.6 is 0 Å². The molecule has 22 heavy (non-hydrogen) atoms. The zero-order valence-electron chi connectivity index (χ0n) is 13.6. The van der Waals surface area contributed by atoms with Crippen LogP contribution < -0.4 is 4.74 Å². The molecule has 5 heteroatoms. The Morgan fingerprint density at radius 2 is 1.68 bits per heavy atom. The summed E-state index contributed by atoms with van der Waals surface area (Å²) < 4.78 is 16.0. The van der Waals surface area contributed by atoms with E-state index >= 15 is 0 Å². The van der Waals surface area contributed by atoms with Gasteiger partial charge in [-0.1, -0.05) is 12.1 Å². The predicted octanol–water partition coefficient (Wildman–Crippen LogP) is 2.24. The highest BCUT2D eigenvalue weighted by Gasteiger charge is 2.35. The normalized spacial score (nSPS) is 17.3. The second-order valence-corrected chi connectivity index (χ2v) is 5.55. The van der Waals surface area contributed by atoms with E-state index in [0.717, 1.165) is 17.7 Å². The summed E-state index contributed by atoms with van der Waals surface area (Å²) in [6.07, 6.45) is 2.71. The van der Waals surface area contributed by atoms with Crippen LogP contribution in [0.2, 0.25) is 0 Å². The monoisotopic (exact) mass is 307 g/mol. The molecule has 0 radical (unpaired) electrons. The Hall–Kier alpha value is -1.59. The molecule has 122 valence electrons. The smallest absolute Gasteiger partial charge is 0.222 e. The number of hydrogen-bond acceptors (Lipinski definition) is 4. The van der Waals surface area contributed by atoms with Crippen molar-refractivity contribution in [2.24, 2.45) is 0 Å². The standard InChI is InChI=1S/C17H25NO4/c1-20-15-7-4-14(5-8-15)6-9-16(19)18-12-10-17(21-2,22-3)11-13-18/h4-5,7-8H,6,9-13H2,1-3H3. The van der Waals surface area contributed by atoms with E-state index in [1.807, 2.05) is 29.2 Å². The van der Waals surface area contributed by atoms with Crippen molar-refractivity contribution >= 4 is 5.91 Å². The largest absolute Gasteiger partial charge is 0.497 e. The Balaban J connectivity index is 1.80. The number of aryl methyl sites for hydroxylation is 1. The number of carbonyl (C=O) groups excluding carboxylic acids is 1. The van der Waals surface area contributed by atoms with Crippen LogP contribution in [0.4, 0.5) is 0 Å². The molecule has 0 aliphatic carbocycles. The minimum atomic E-state index is -0.521. The fourth-order valence-corrected chi connectivity index (χ4v) is 2.79. The molecule has 1 aliphatic heterocycles. The molecule has 0 atom stereocenters. The zero-order valence-corrected chi connectivity index (χ0v) is 13.6. The molecule has 0 bridgehead atoms. The van der Waals surface area contributed by atoms with E-state index in [2.05, 4.69) is 0 Å². The van der Waals surface area contributed by atoms with E-state index in [1.54, 1.807) is 21.3 Å². The predicted molar refractivity (Wildman–Crippen MR) is 83.9 cm³/mol. The van der Waals surface area contributed by atoms with Gasteiger partial charge in [0, 0.05) is 46.6 Å². The fraction of sp³-hybridized carbons (Fsp3) is 0.588. The van der Waals surface area contributed by atoms with Crippen molar-refractivity contribution in [3.63, 3.8) is 0 Å². The molecule has 0 unspecified atom stereocenters. The number of carbonyl (C=O) groups is 1. The van der Waals surface area contributed by atoms with Gasteiger partial charge >= 0.3 is 0 Å². The van der Waals surface area contributed by atoms with Gasteiger partial charge in [0.25, 0.3) is 0 Å². The summed E-state index contributed by atoms with van der Waals surface area (Å²) in [7, 11) is 4.96. The van der Waals surface area contributed by atoms with E-state index in [9.17, 15) is 4.79 Å². The summed E-state index contributed by atoms with van der Waals surface area (Å²) in [6, 6.07) is 7.85. The van der Waals surface area contributed by atoms with Crippen molar-refractivity contribution in [1.29, 1.82) is 0 Å². The molecule has 0 spiro atoms. The molecule has 2 rings (SSSR count). The van der Waals surface area contributed by atoms with Gasteiger partial charge < -0.3 is 19.1 Å². The van der Waals surface area contributed by atoms with Gasteiger partial charge in [0.15, 0.2) is 5.79 Å². The summed E-state index contributed by atoms with van der Waals surface area (Å²) in [5, 5.41) is 0. The minimum Gasteiger partial charge on any atom is -0.497 e. The molecule has 0 aromatic heterocycles. The van der Waals surface area contributed by atoms with Gasteiger partial charge in [0.05, 0.1) is 7.11 Å². The second-order valence-electron chi connectivity index (χ2n) is 5.55. The summed E-state index contributed by atoms with van der Waals surface area (Å²) in [5.41, 5.74) is 1.15. The molecule has 1 amide bonds. The van der Waals surface area contributed by atoms with E-state index < -0.39 is 5.79 Å².